The Morgan fingerprint density at radius 1 is 1.53 bits per heavy atom. The number of rotatable bonds is 4. The molecule has 1 aliphatic heterocycles. The molecule has 1 aromatic heterocycles. The lowest BCUT2D eigenvalue weighted by Gasteiger charge is -2.26. The number of carbonyl (C=O) groups is 1. The second-order valence-electron chi connectivity index (χ2n) is 4.79. The Bertz CT molecular complexity index is 404. The van der Waals surface area contributed by atoms with Gasteiger partial charge in [0.15, 0.2) is 0 Å². The predicted octanol–water partition coefficient (Wildman–Crippen LogP) is 2.09. The van der Waals surface area contributed by atoms with Crippen LogP contribution < -0.4 is 5.32 Å². The lowest BCUT2D eigenvalue weighted by atomic mass is 9.97. The first-order valence-electron chi connectivity index (χ1n) is 6.60. The summed E-state index contributed by atoms with van der Waals surface area (Å²) < 4.78 is 0. The van der Waals surface area contributed by atoms with E-state index in [1.54, 1.807) is 11.3 Å². The van der Waals surface area contributed by atoms with E-state index in [9.17, 15) is 4.79 Å². The Balaban J connectivity index is 0.00000180. The average molecular weight is 304 g/mol. The van der Waals surface area contributed by atoms with E-state index in [1.165, 1.54) is 4.88 Å². The van der Waals surface area contributed by atoms with E-state index in [0.29, 0.717) is 6.54 Å². The molecule has 1 aromatic rings. The number of halogens is 1. The van der Waals surface area contributed by atoms with Crippen molar-refractivity contribution in [1.29, 1.82) is 0 Å². The van der Waals surface area contributed by atoms with Crippen molar-refractivity contribution in [3.63, 3.8) is 0 Å². The lowest BCUT2D eigenvalue weighted by Crippen LogP contribution is -2.38. The molecule has 1 aliphatic rings. The van der Waals surface area contributed by atoms with E-state index in [4.69, 9.17) is 0 Å². The smallest absolute Gasteiger partial charge is 0.225 e. The van der Waals surface area contributed by atoms with Crippen LogP contribution in [0.1, 0.15) is 29.7 Å². The Morgan fingerprint density at radius 2 is 2.21 bits per heavy atom. The molecule has 0 bridgehead atoms. The second kappa shape index (κ2) is 7.82. The monoisotopic (exact) mass is 303 g/mol. The third kappa shape index (κ3) is 4.44. The van der Waals surface area contributed by atoms with Crippen LogP contribution in [-0.2, 0) is 17.8 Å². The first-order valence-corrected chi connectivity index (χ1v) is 7.41. The van der Waals surface area contributed by atoms with Crippen molar-refractivity contribution in [2.75, 3.05) is 20.1 Å². The Kier molecular flexibility index (Phi) is 6.75. The summed E-state index contributed by atoms with van der Waals surface area (Å²) in [5.41, 5.74) is 0. The van der Waals surface area contributed by atoms with Gasteiger partial charge in [-0.2, -0.15) is 0 Å². The van der Waals surface area contributed by atoms with Gasteiger partial charge in [-0.1, -0.05) is 6.92 Å². The van der Waals surface area contributed by atoms with Gasteiger partial charge in [-0.15, -0.1) is 23.7 Å². The Hall–Kier alpha value is -0.650. The minimum atomic E-state index is 0. The summed E-state index contributed by atoms with van der Waals surface area (Å²) in [5, 5.41) is 4.33. The summed E-state index contributed by atoms with van der Waals surface area (Å²) in [6.07, 6.45) is 4.86. The topological polar surface area (TPSA) is 45.2 Å². The maximum Gasteiger partial charge on any atom is 0.225 e. The van der Waals surface area contributed by atoms with E-state index >= 15 is 0 Å². The molecule has 4 nitrogen and oxygen atoms in total. The molecule has 2 heterocycles. The van der Waals surface area contributed by atoms with Gasteiger partial charge in [0, 0.05) is 24.0 Å². The van der Waals surface area contributed by atoms with Crippen molar-refractivity contribution in [2.24, 2.45) is 5.92 Å². The van der Waals surface area contributed by atoms with Crippen LogP contribution in [0, 0.1) is 5.92 Å². The Morgan fingerprint density at radius 3 is 2.79 bits per heavy atom. The van der Waals surface area contributed by atoms with Crippen molar-refractivity contribution in [3.05, 3.63) is 16.1 Å². The molecule has 108 valence electrons. The number of amides is 1. The summed E-state index contributed by atoms with van der Waals surface area (Å²) in [7, 11) is 1.89. The zero-order chi connectivity index (χ0) is 13.0. The largest absolute Gasteiger partial charge is 0.339 e. The summed E-state index contributed by atoms with van der Waals surface area (Å²) in [6.45, 7) is 4.69. The van der Waals surface area contributed by atoms with Crippen LogP contribution in [0.2, 0.25) is 0 Å². The number of piperidine rings is 1. The highest BCUT2D eigenvalue weighted by Gasteiger charge is 2.24. The van der Waals surface area contributed by atoms with Crippen LogP contribution in [0.15, 0.2) is 6.20 Å². The third-order valence-corrected chi connectivity index (χ3v) is 4.51. The summed E-state index contributed by atoms with van der Waals surface area (Å²) in [6, 6.07) is 0. The van der Waals surface area contributed by atoms with Gasteiger partial charge in [0.2, 0.25) is 5.91 Å². The SMILES string of the molecule is CCc1cnc(CN(C)C(=O)C2CCNCC2)s1.Cl. The molecule has 1 saturated heterocycles. The highest BCUT2D eigenvalue weighted by molar-refractivity contribution is 7.11. The van der Waals surface area contributed by atoms with Crippen molar-refractivity contribution in [2.45, 2.75) is 32.7 Å². The molecule has 1 N–H and O–H groups in total. The number of carbonyl (C=O) groups excluding carboxylic acids is 1. The molecule has 0 atom stereocenters. The number of aryl methyl sites for hydroxylation is 1. The van der Waals surface area contributed by atoms with Crippen LogP contribution in [-0.4, -0.2) is 35.9 Å². The van der Waals surface area contributed by atoms with E-state index in [2.05, 4.69) is 17.2 Å². The number of hydrogen-bond acceptors (Lipinski definition) is 4. The van der Waals surface area contributed by atoms with E-state index in [0.717, 1.165) is 37.4 Å². The van der Waals surface area contributed by atoms with Gasteiger partial charge in [-0.3, -0.25) is 4.79 Å². The molecule has 0 aromatic carbocycles. The highest BCUT2D eigenvalue weighted by atomic mass is 35.5. The van der Waals surface area contributed by atoms with E-state index in [1.807, 2.05) is 18.1 Å². The average Bonchev–Trinajstić information content (AvgIpc) is 2.86. The van der Waals surface area contributed by atoms with Gasteiger partial charge in [-0.25, -0.2) is 4.98 Å². The van der Waals surface area contributed by atoms with Crippen molar-refractivity contribution in [1.82, 2.24) is 15.2 Å². The quantitative estimate of drug-likeness (QED) is 0.926. The summed E-state index contributed by atoms with van der Waals surface area (Å²) >= 11 is 1.71. The maximum absolute atomic E-state index is 12.3. The van der Waals surface area contributed by atoms with Gasteiger partial charge in [0.05, 0.1) is 6.54 Å². The zero-order valence-electron chi connectivity index (χ0n) is 11.5. The molecule has 2 rings (SSSR count). The maximum atomic E-state index is 12.3. The molecule has 0 spiro atoms. The van der Waals surface area contributed by atoms with Gasteiger partial charge >= 0.3 is 0 Å². The van der Waals surface area contributed by atoms with Crippen LogP contribution in [0.25, 0.3) is 0 Å². The summed E-state index contributed by atoms with van der Waals surface area (Å²) in [5.74, 6) is 0.464. The summed E-state index contributed by atoms with van der Waals surface area (Å²) in [4.78, 5) is 19.7. The van der Waals surface area contributed by atoms with Crippen LogP contribution >= 0.6 is 23.7 Å². The minimum absolute atomic E-state index is 0. The van der Waals surface area contributed by atoms with Gasteiger partial charge in [0.1, 0.15) is 5.01 Å². The fourth-order valence-corrected chi connectivity index (χ4v) is 3.16. The minimum Gasteiger partial charge on any atom is -0.339 e. The van der Waals surface area contributed by atoms with E-state index in [-0.39, 0.29) is 24.2 Å². The number of aromatic nitrogens is 1. The van der Waals surface area contributed by atoms with Gasteiger partial charge in [0.25, 0.3) is 0 Å². The molecule has 0 aliphatic carbocycles. The van der Waals surface area contributed by atoms with Crippen LogP contribution in [0.3, 0.4) is 0 Å². The third-order valence-electron chi connectivity index (χ3n) is 3.39. The molecule has 0 unspecified atom stereocenters. The van der Waals surface area contributed by atoms with Gasteiger partial charge in [-0.05, 0) is 32.4 Å². The van der Waals surface area contributed by atoms with Crippen molar-refractivity contribution >= 4 is 29.7 Å². The Labute approximate surface area is 125 Å². The van der Waals surface area contributed by atoms with E-state index < -0.39 is 0 Å². The molecule has 0 saturated carbocycles. The predicted molar refractivity (Wildman–Crippen MR) is 80.8 cm³/mol. The molecule has 19 heavy (non-hydrogen) atoms. The van der Waals surface area contributed by atoms with Crippen molar-refractivity contribution in [3.8, 4) is 0 Å². The number of nitrogens with one attached hydrogen (secondary N) is 1. The fraction of sp³-hybridized carbons (Fsp3) is 0.692. The molecular formula is C13H22ClN3OS. The lowest BCUT2D eigenvalue weighted by molar-refractivity contribution is -0.135. The second-order valence-corrected chi connectivity index (χ2v) is 5.99. The van der Waals surface area contributed by atoms with Crippen LogP contribution in [0.5, 0.6) is 0 Å². The highest BCUT2D eigenvalue weighted by Crippen LogP contribution is 2.18. The zero-order valence-corrected chi connectivity index (χ0v) is 13.1. The number of thiazole rings is 1. The molecular weight excluding hydrogens is 282 g/mol. The first-order chi connectivity index (χ1) is 8.70. The normalized spacial score (nSPS) is 15.9. The first kappa shape index (κ1) is 16.4. The number of nitrogens with zero attached hydrogens (tertiary/aromatic N) is 2. The molecule has 1 amide bonds. The molecule has 0 radical (unpaired) electrons. The van der Waals surface area contributed by atoms with Gasteiger partial charge < -0.3 is 10.2 Å². The fourth-order valence-electron chi connectivity index (χ4n) is 2.25. The molecule has 1 fully saturated rings. The molecule has 6 heteroatoms. The van der Waals surface area contributed by atoms with Crippen molar-refractivity contribution < 1.29 is 4.79 Å². The standard InChI is InChI=1S/C13H21N3OS.ClH/c1-3-11-8-15-12(18-11)9-16(2)13(17)10-4-6-14-7-5-10;/h8,10,14H,3-7,9H2,1-2H3;1H. The van der Waals surface area contributed by atoms with Crippen LogP contribution in [0.4, 0.5) is 0 Å². The number of hydrogen-bond donors (Lipinski definition) is 1.